The maximum atomic E-state index is 13.4. The lowest BCUT2D eigenvalue weighted by atomic mass is 9.70. The van der Waals surface area contributed by atoms with Crippen LogP contribution < -0.4 is 0 Å². The van der Waals surface area contributed by atoms with E-state index in [0.717, 1.165) is 45.6 Å². The predicted octanol–water partition coefficient (Wildman–Crippen LogP) is 2.22. The van der Waals surface area contributed by atoms with Gasteiger partial charge in [-0.2, -0.15) is 0 Å². The highest BCUT2D eigenvalue weighted by Gasteiger charge is 2.58. The molecule has 3 aliphatic heterocycles. The highest BCUT2D eigenvalue weighted by atomic mass is 16.2. The Labute approximate surface area is 178 Å². The first-order valence-electron chi connectivity index (χ1n) is 11.0. The molecular formula is C24H30N4O2. The van der Waals surface area contributed by atoms with E-state index in [9.17, 15) is 9.59 Å². The van der Waals surface area contributed by atoms with Gasteiger partial charge in [-0.25, -0.2) is 0 Å². The third-order valence-corrected chi connectivity index (χ3v) is 7.14. The zero-order chi connectivity index (χ0) is 20.7. The van der Waals surface area contributed by atoms with Crippen molar-refractivity contribution in [3.8, 4) is 0 Å². The third kappa shape index (κ3) is 3.33. The lowest BCUT2D eigenvalue weighted by molar-refractivity contribution is -0.141. The van der Waals surface area contributed by atoms with Crippen molar-refractivity contribution in [1.29, 1.82) is 0 Å². The van der Waals surface area contributed by atoms with Gasteiger partial charge < -0.3 is 14.4 Å². The summed E-state index contributed by atoms with van der Waals surface area (Å²) < 4.78 is 1.87. The number of hydrogen-bond donors (Lipinski definition) is 0. The van der Waals surface area contributed by atoms with Crippen LogP contribution in [-0.2, 0) is 18.4 Å². The first-order valence-corrected chi connectivity index (χ1v) is 11.0. The summed E-state index contributed by atoms with van der Waals surface area (Å²) in [5.74, 6) is 0.354. The van der Waals surface area contributed by atoms with E-state index in [2.05, 4.69) is 34.1 Å². The van der Waals surface area contributed by atoms with Gasteiger partial charge in [-0.3, -0.25) is 14.5 Å². The van der Waals surface area contributed by atoms with Gasteiger partial charge in [0.05, 0.1) is 5.92 Å². The van der Waals surface area contributed by atoms with E-state index < -0.39 is 0 Å². The molecule has 2 amide bonds. The first kappa shape index (κ1) is 19.4. The molecule has 6 heteroatoms. The summed E-state index contributed by atoms with van der Waals surface area (Å²) in [5, 5.41) is 0. The maximum Gasteiger partial charge on any atom is 0.270 e. The van der Waals surface area contributed by atoms with Crippen molar-refractivity contribution in [1.82, 2.24) is 19.3 Å². The lowest BCUT2D eigenvalue weighted by Crippen LogP contribution is -2.64. The molecule has 158 valence electrons. The number of amides is 2. The van der Waals surface area contributed by atoms with E-state index in [4.69, 9.17) is 0 Å². The van der Waals surface area contributed by atoms with Gasteiger partial charge in [0.1, 0.15) is 5.69 Å². The lowest BCUT2D eigenvalue weighted by Gasteiger charge is -2.51. The molecule has 0 bridgehead atoms. The second-order valence-electron chi connectivity index (χ2n) is 9.27. The monoisotopic (exact) mass is 406 g/mol. The summed E-state index contributed by atoms with van der Waals surface area (Å²) in [6.45, 7) is 5.64. The molecule has 6 nitrogen and oxygen atoms in total. The number of aryl methyl sites for hydroxylation is 1. The fourth-order valence-electron chi connectivity index (χ4n) is 5.56. The van der Waals surface area contributed by atoms with Gasteiger partial charge in [-0.05, 0) is 30.5 Å². The van der Waals surface area contributed by atoms with Crippen molar-refractivity contribution >= 4 is 11.8 Å². The molecular weight excluding hydrogens is 376 g/mol. The minimum atomic E-state index is -0.116. The van der Waals surface area contributed by atoms with Crippen molar-refractivity contribution in [2.24, 2.45) is 18.4 Å². The minimum absolute atomic E-state index is 0.0169. The predicted molar refractivity (Wildman–Crippen MR) is 115 cm³/mol. The number of nitrogens with zero attached hydrogens (tertiary/aromatic N) is 4. The van der Waals surface area contributed by atoms with Gasteiger partial charge in [0.15, 0.2) is 0 Å². The average molecular weight is 407 g/mol. The Morgan fingerprint density at radius 2 is 1.70 bits per heavy atom. The Morgan fingerprint density at radius 3 is 2.37 bits per heavy atom. The number of carbonyl (C=O) groups excluding carboxylic acids is 2. The summed E-state index contributed by atoms with van der Waals surface area (Å²) in [7, 11) is 1.90. The molecule has 2 aromatic rings. The fraction of sp³-hybridized carbons (Fsp3) is 0.500. The molecule has 0 radical (unpaired) electrons. The first-order chi connectivity index (χ1) is 14.6. The molecule has 1 aromatic heterocycles. The van der Waals surface area contributed by atoms with E-state index in [1.165, 1.54) is 5.56 Å². The smallest absolute Gasteiger partial charge is 0.270 e. The van der Waals surface area contributed by atoms with Gasteiger partial charge >= 0.3 is 0 Å². The number of carbonyl (C=O) groups is 2. The van der Waals surface area contributed by atoms with Crippen LogP contribution in [0.15, 0.2) is 48.7 Å². The Hall–Kier alpha value is -2.60. The fourth-order valence-corrected chi connectivity index (χ4v) is 5.56. The second kappa shape index (κ2) is 7.58. The largest absolute Gasteiger partial charge is 0.347 e. The van der Waals surface area contributed by atoms with Crippen LogP contribution in [0.2, 0.25) is 0 Å². The summed E-state index contributed by atoms with van der Waals surface area (Å²) >= 11 is 0. The van der Waals surface area contributed by atoms with Gasteiger partial charge in [0, 0.05) is 64.5 Å². The Kier molecular flexibility index (Phi) is 4.89. The van der Waals surface area contributed by atoms with E-state index in [1.807, 2.05) is 40.9 Å². The van der Waals surface area contributed by atoms with Crippen molar-refractivity contribution < 1.29 is 9.59 Å². The van der Waals surface area contributed by atoms with E-state index in [0.29, 0.717) is 24.7 Å². The molecule has 1 spiro atoms. The number of aromatic nitrogens is 1. The molecule has 0 N–H and O–H groups in total. The number of rotatable bonds is 4. The van der Waals surface area contributed by atoms with E-state index in [1.54, 1.807) is 0 Å². The van der Waals surface area contributed by atoms with Gasteiger partial charge in [0.2, 0.25) is 5.91 Å². The number of hydrogen-bond acceptors (Lipinski definition) is 3. The Morgan fingerprint density at radius 1 is 0.967 bits per heavy atom. The molecule has 1 aromatic carbocycles. The van der Waals surface area contributed by atoms with Crippen molar-refractivity contribution in [2.45, 2.75) is 19.4 Å². The Bertz CT molecular complexity index is 926. The topological polar surface area (TPSA) is 48.8 Å². The van der Waals surface area contributed by atoms with Crippen LogP contribution in [0.3, 0.4) is 0 Å². The Balaban J connectivity index is 1.33. The molecule has 1 atom stereocenters. The van der Waals surface area contributed by atoms with E-state index in [-0.39, 0.29) is 17.2 Å². The second-order valence-corrected chi connectivity index (χ2v) is 9.27. The molecule has 5 rings (SSSR count). The molecule has 3 saturated heterocycles. The summed E-state index contributed by atoms with van der Waals surface area (Å²) in [4.78, 5) is 32.7. The summed E-state index contributed by atoms with van der Waals surface area (Å²) in [6, 6.07) is 14.2. The van der Waals surface area contributed by atoms with Crippen molar-refractivity contribution in [3.05, 3.63) is 59.9 Å². The molecule has 4 heterocycles. The van der Waals surface area contributed by atoms with Crippen LogP contribution in [0.25, 0.3) is 0 Å². The molecule has 1 unspecified atom stereocenters. The van der Waals surface area contributed by atoms with Gasteiger partial charge in [0.25, 0.3) is 5.91 Å². The van der Waals surface area contributed by atoms with Crippen molar-refractivity contribution in [3.63, 3.8) is 0 Å². The zero-order valence-electron chi connectivity index (χ0n) is 17.7. The van der Waals surface area contributed by atoms with Crippen LogP contribution in [0, 0.1) is 11.3 Å². The summed E-state index contributed by atoms with van der Waals surface area (Å²) in [6.07, 6.45) is 4.12. The molecule has 3 aliphatic rings. The van der Waals surface area contributed by atoms with Gasteiger partial charge in [-0.1, -0.05) is 30.3 Å². The van der Waals surface area contributed by atoms with Crippen LogP contribution in [0.1, 0.15) is 28.9 Å². The van der Waals surface area contributed by atoms with Crippen LogP contribution in [0.4, 0.5) is 0 Å². The SMILES string of the molecule is Cn1cccc1C(=O)N1CC2(CN(Cc3ccccc3)CC2C(=O)N2CCCC2)C1. The van der Waals surface area contributed by atoms with Crippen molar-refractivity contribution in [2.75, 3.05) is 39.3 Å². The minimum Gasteiger partial charge on any atom is -0.347 e. The number of benzene rings is 1. The standard InChI is InChI=1S/C24H30N4O2/c1-25-11-7-10-21(25)23(30)28-17-24(18-28)16-26(14-19-8-3-2-4-9-19)15-20(24)22(29)27-12-5-6-13-27/h2-4,7-11,20H,5-6,12-18H2,1H3. The maximum absolute atomic E-state index is 13.4. The van der Waals surface area contributed by atoms with Crippen LogP contribution >= 0.6 is 0 Å². The third-order valence-electron chi connectivity index (χ3n) is 7.14. The van der Waals surface area contributed by atoms with Crippen LogP contribution in [0.5, 0.6) is 0 Å². The zero-order valence-corrected chi connectivity index (χ0v) is 17.7. The van der Waals surface area contributed by atoms with Crippen LogP contribution in [-0.4, -0.2) is 70.3 Å². The molecule has 0 aliphatic carbocycles. The highest BCUT2D eigenvalue weighted by Crippen LogP contribution is 2.46. The highest BCUT2D eigenvalue weighted by molar-refractivity contribution is 5.93. The summed E-state index contributed by atoms with van der Waals surface area (Å²) in [5.41, 5.74) is 1.87. The van der Waals surface area contributed by atoms with E-state index >= 15 is 0 Å². The molecule has 0 saturated carbocycles. The number of likely N-dealkylation sites (tertiary alicyclic amines) is 3. The normalized spacial score (nSPS) is 23.2. The molecule has 30 heavy (non-hydrogen) atoms. The van der Waals surface area contributed by atoms with Gasteiger partial charge in [-0.15, -0.1) is 0 Å². The quantitative estimate of drug-likeness (QED) is 0.782. The average Bonchev–Trinajstić information content (AvgIpc) is 3.46. The molecule has 3 fully saturated rings.